The maximum absolute atomic E-state index is 2.60. The summed E-state index contributed by atoms with van der Waals surface area (Å²) in [5.41, 5.74) is 0. The van der Waals surface area contributed by atoms with Crippen LogP contribution < -0.4 is 0 Å². The molecule has 0 bridgehead atoms. The van der Waals surface area contributed by atoms with E-state index in [9.17, 15) is 0 Å². The van der Waals surface area contributed by atoms with Crippen LogP contribution in [0, 0.1) is 0 Å². The van der Waals surface area contributed by atoms with Crippen molar-refractivity contribution in [2.75, 3.05) is 32.7 Å². The SMILES string of the molecule is CCCCN1CCN(C(C)C)CC1. The fourth-order valence-corrected chi connectivity index (χ4v) is 1.89. The molecule has 0 aromatic heterocycles. The van der Waals surface area contributed by atoms with E-state index < -0.39 is 0 Å². The van der Waals surface area contributed by atoms with Crippen LogP contribution >= 0.6 is 0 Å². The van der Waals surface area contributed by atoms with Gasteiger partial charge in [0.2, 0.25) is 0 Å². The summed E-state index contributed by atoms with van der Waals surface area (Å²) in [7, 11) is 0. The molecule has 0 aromatic carbocycles. The van der Waals surface area contributed by atoms with Gasteiger partial charge in [-0.05, 0) is 26.8 Å². The molecule has 1 rings (SSSR count). The van der Waals surface area contributed by atoms with E-state index in [1.54, 1.807) is 0 Å². The van der Waals surface area contributed by atoms with Gasteiger partial charge in [0.1, 0.15) is 0 Å². The number of unbranched alkanes of at least 4 members (excludes halogenated alkanes) is 1. The summed E-state index contributed by atoms with van der Waals surface area (Å²) in [6, 6.07) is 0.730. The van der Waals surface area contributed by atoms with E-state index in [0.717, 1.165) is 6.04 Å². The van der Waals surface area contributed by atoms with Crippen LogP contribution in [-0.2, 0) is 0 Å². The second-order valence-corrected chi connectivity index (χ2v) is 4.32. The number of piperazine rings is 1. The molecule has 0 radical (unpaired) electrons. The Morgan fingerprint density at radius 3 is 2.15 bits per heavy atom. The predicted octanol–water partition coefficient (Wildman–Crippen LogP) is 1.81. The molecule has 0 aromatic rings. The zero-order valence-corrected chi connectivity index (χ0v) is 9.42. The lowest BCUT2D eigenvalue weighted by Crippen LogP contribution is -2.48. The first-order valence-corrected chi connectivity index (χ1v) is 5.70. The van der Waals surface area contributed by atoms with Crippen molar-refractivity contribution < 1.29 is 0 Å². The molecular weight excluding hydrogens is 160 g/mol. The molecule has 0 N–H and O–H groups in total. The minimum absolute atomic E-state index is 0.730. The highest BCUT2D eigenvalue weighted by Gasteiger charge is 2.17. The van der Waals surface area contributed by atoms with Gasteiger partial charge < -0.3 is 4.90 Å². The molecule has 1 fully saturated rings. The van der Waals surface area contributed by atoms with Crippen molar-refractivity contribution >= 4 is 0 Å². The van der Waals surface area contributed by atoms with E-state index in [1.165, 1.54) is 45.6 Å². The Morgan fingerprint density at radius 1 is 1.08 bits per heavy atom. The molecule has 0 atom stereocenters. The summed E-state index contributed by atoms with van der Waals surface area (Å²) in [5.74, 6) is 0. The van der Waals surface area contributed by atoms with Crippen molar-refractivity contribution in [3.8, 4) is 0 Å². The largest absolute Gasteiger partial charge is 0.301 e. The highest BCUT2D eigenvalue weighted by atomic mass is 15.3. The van der Waals surface area contributed by atoms with E-state index in [-0.39, 0.29) is 0 Å². The standard InChI is InChI=1S/C11H24N2/c1-4-5-6-12-7-9-13(10-8-12)11(2)3/h11H,4-10H2,1-3H3. The quantitative estimate of drug-likeness (QED) is 0.657. The van der Waals surface area contributed by atoms with E-state index in [0.29, 0.717) is 0 Å². The van der Waals surface area contributed by atoms with Crippen molar-refractivity contribution in [1.82, 2.24) is 9.80 Å². The van der Waals surface area contributed by atoms with Gasteiger partial charge in [-0.1, -0.05) is 13.3 Å². The fourth-order valence-electron chi connectivity index (χ4n) is 1.89. The lowest BCUT2D eigenvalue weighted by atomic mass is 10.2. The monoisotopic (exact) mass is 184 g/mol. The molecule has 13 heavy (non-hydrogen) atoms. The second-order valence-electron chi connectivity index (χ2n) is 4.32. The minimum atomic E-state index is 0.730. The molecule has 1 aliphatic heterocycles. The first-order chi connectivity index (χ1) is 6.24. The molecule has 0 spiro atoms. The minimum Gasteiger partial charge on any atom is -0.301 e. The first-order valence-electron chi connectivity index (χ1n) is 5.70. The van der Waals surface area contributed by atoms with E-state index in [1.807, 2.05) is 0 Å². The van der Waals surface area contributed by atoms with Crippen molar-refractivity contribution in [2.24, 2.45) is 0 Å². The molecule has 1 aliphatic rings. The Bertz CT molecular complexity index is 126. The summed E-state index contributed by atoms with van der Waals surface area (Å²) >= 11 is 0. The maximum atomic E-state index is 2.60. The zero-order chi connectivity index (χ0) is 9.68. The van der Waals surface area contributed by atoms with E-state index >= 15 is 0 Å². The van der Waals surface area contributed by atoms with Crippen LogP contribution in [0.3, 0.4) is 0 Å². The van der Waals surface area contributed by atoms with Crippen LogP contribution in [0.25, 0.3) is 0 Å². The van der Waals surface area contributed by atoms with Gasteiger partial charge in [0.05, 0.1) is 0 Å². The van der Waals surface area contributed by atoms with E-state index in [2.05, 4.69) is 30.6 Å². The average Bonchev–Trinajstić information content (AvgIpc) is 2.15. The average molecular weight is 184 g/mol. The lowest BCUT2D eigenvalue weighted by molar-refractivity contribution is 0.108. The number of hydrogen-bond acceptors (Lipinski definition) is 2. The smallest absolute Gasteiger partial charge is 0.0113 e. The van der Waals surface area contributed by atoms with E-state index in [4.69, 9.17) is 0 Å². The molecule has 1 saturated heterocycles. The van der Waals surface area contributed by atoms with Crippen molar-refractivity contribution in [2.45, 2.75) is 39.7 Å². The summed E-state index contributed by atoms with van der Waals surface area (Å²) < 4.78 is 0. The predicted molar refractivity (Wildman–Crippen MR) is 58.1 cm³/mol. The Morgan fingerprint density at radius 2 is 1.69 bits per heavy atom. The van der Waals surface area contributed by atoms with Crippen molar-refractivity contribution in [3.05, 3.63) is 0 Å². The van der Waals surface area contributed by atoms with Gasteiger partial charge >= 0.3 is 0 Å². The molecule has 0 unspecified atom stereocenters. The summed E-state index contributed by atoms with van der Waals surface area (Å²) in [6.45, 7) is 13.2. The van der Waals surface area contributed by atoms with Gasteiger partial charge in [0, 0.05) is 32.2 Å². The van der Waals surface area contributed by atoms with Gasteiger partial charge in [-0.15, -0.1) is 0 Å². The lowest BCUT2D eigenvalue weighted by Gasteiger charge is -2.36. The Kier molecular flexibility index (Phi) is 4.74. The molecular formula is C11H24N2. The van der Waals surface area contributed by atoms with Crippen molar-refractivity contribution in [3.63, 3.8) is 0 Å². The topological polar surface area (TPSA) is 6.48 Å². The summed E-state index contributed by atoms with van der Waals surface area (Å²) in [5, 5.41) is 0. The molecule has 2 nitrogen and oxygen atoms in total. The van der Waals surface area contributed by atoms with Crippen molar-refractivity contribution in [1.29, 1.82) is 0 Å². The molecule has 0 amide bonds. The third-order valence-electron chi connectivity index (χ3n) is 2.97. The maximum Gasteiger partial charge on any atom is 0.0113 e. The zero-order valence-electron chi connectivity index (χ0n) is 9.42. The second kappa shape index (κ2) is 5.61. The van der Waals surface area contributed by atoms with Crippen LogP contribution in [0.2, 0.25) is 0 Å². The molecule has 0 aliphatic carbocycles. The van der Waals surface area contributed by atoms with Crippen LogP contribution in [0.15, 0.2) is 0 Å². The third kappa shape index (κ3) is 3.65. The number of hydrogen-bond donors (Lipinski definition) is 0. The summed E-state index contributed by atoms with van der Waals surface area (Å²) in [6.07, 6.45) is 2.69. The molecule has 0 saturated carbocycles. The van der Waals surface area contributed by atoms with Crippen LogP contribution in [0.5, 0.6) is 0 Å². The summed E-state index contributed by atoms with van der Waals surface area (Å²) in [4.78, 5) is 5.17. The number of rotatable bonds is 4. The van der Waals surface area contributed by atoms with Gasteiger partial charge in [-0.3, -0.25) is 4.90 Å². The first kappa shape index (κ1) is 11.0. The Labute approximate surface area is 82.9 Å². The molecule has 2 heteroatoms. The van der Waals surface area contributed by atoms with Gasteiger partial charge in [0.25, 0.3) is 0 Å². The number of nitrogens with zero attached hydrogens (tertiary/aromatic N) is 2. The fraction of sp³-hybridized carbons (Fsp3) is 1.00. The highest BCUT2D eigenvalue weighted by Crippen LogP contribution is 2.06. The van der Waals surface area contributed by atoms with Gasteiger partial charge in [-0.25, -0.2) is 0 Å². The normalized spacial score (nSPS) is 21.2. The van der Waals surface area contributed by atoms with Gasteiger partial charge in [0.15, 0.2) is 0 Å². The Balaban J connectivity index is 2.15. The van der Waals surface area contributed by atoms with Gasteiger partial charge in [-0.2, -0.15) is 0 Å². The molecule has 1 heterocycles. The Hall–Kier alpha value is -0.0800. The molecule has 78 valence electrons. The van der Waals surface area contributed by atoms with Crippen LogP contribution in [0.4, 0.5) is 0 Å². The van der Waals surface area contributed by atoms with Crippen LogP contribution in [-0.4, -0.2) is 48.6 Å². The highest BCUT2D eigenvalue weighted by molar-refractivity contribution is 4.73. The van der Waals surface area contributed by atoms with Crippen LogP contribution in [0.1, 0.15) is 33.6 Å². The third-order valence-corrected chi connectivity index (χ3v) is 2.97.